The highest BCUT2D eigenvalue weighted by Crippen LogP contribution is 2.33. The maximum absolute atomic E-state index is 12.7. The number of benzene rings is 1. The number of amides is 1. The zero-order valence-electron chi connectivity index (χ0n) is 13.9. The first kappa shape index (κ1) is 16.0. The molecule has 8 heteroatoms. The number of halogens is 1. The highest BCUT2D eigenvalue weighted by atomic mass is 35.5. The molecular weight excluding hydrogens is 342 g/mol. The van der Waals surface area contributed by atoms with E-state index in [-0.39, 0.29) is 17.4 Å². The van der Waals surface area contributed by atoms with Gasteiger partial charge in [-0.25, -0.2) is 0 Å². The highest BCUT2D eigenvalue weighted by molar-refractivity contribution is 6.33. The third-order valence-electron chi connectivity index (χ3n) is 4.63. The van der Waals surface area contributed by atoms with Crippen LogP contribution in [0.25, 0.3) is 11.1 Å². The van der Waals surface area contributed by atoms with E-state index in [9.17, 15) is 4.79 Å². The number of aromatic amines is 1. The number of aromatic nitrogens is 3. The number of nitrogens with zero attached hydrogens (tertiary/aromatic N) is 3. The molecule has 0 spiro atoms. The Kier molecular flexibility index (Phi) is 3.68. The van der Waals surface area contributed by atoms with Crippen molar-refractivity contribution in [3.63, 3.8) is 0 Å². The average Bonchev–Trinajstić information content (AvgIpc) is 3.24. The number of anilines is 1. The molecule has 1 amide bonds. The summed E-state index contributed by atoms with van der Waals surface area (Å²) in [5, 5.41) is 10.2. The number of hydrogen-bond acceptors (Lipinski definition) is 5. The van der Waals surface area contributed by atoms with E-state index in [4.69, 9.17) is 16.0 Å². The first-order chi connectivity index (χ1) is 11.9. The minimum absolute atomic E-state index is 0.00575. The lowest BCUT2D eigenvalue weighted by molar-refractivity contribution is 0.0772. The molecule has 3 heterocycles. The van der Waals surface area contributed by atoms with E-state index < -0.39 is 0 Å². The van der Waals surface area contributed by atoms with Crippen LogP contribution < -0.4 is 5.32 Å². The quantitative estimate of drug-likeness (QED) is 0.750. The lowest BCUT2D eigenvalue weighted by Crippen LogP contribution is -2.34. The van der Waals surface area contributed by atoms with Crippen LogP contribution in [0.5, 0.6) is 0 Å². The number of hydrogen-bond donors (Lipinski definition) is 2. The number of carbonyl (C=O) groups excluding carboxylic acids is 1. The number of rotatable bonds is 3. The van der Waals surface area contributed by atoms with Crippen molar-refractivity contribution in [1.82, 2.24) is 20.1 Å². The van der Waals surface area contributed by atoms with Crippen molar-refractivity contribution in [2.45, 2.75) is 19.9 Å². The van der Waals surface area contributed by atoms with Crippen LogP contribution in [0, 0.1) is 5.41 Å². The lowest BCUT2D eigenvalue weighted by atomic mass is 9.88. The molecule has 3 aromatic rings. The van der Waals surface area contributed by atoms with Gasteiger partial charge in [-0.15, -0.1) is 0 Å². The number of oxazole rings is 1. The second-order valence-corrected chi connectivity index (χ2v) is 7.36. The van der Waals surface area contributed by atoms with Gasteiger partial charge in [0.2, 0.25) is 0 Å². The summed E-state index contributed by atoms with van der Waals surface area (Å²) in [4.78, 5) is 18.9. The van der Waals surface area contributed by atoms with Crippen LogP contribution in [-0.4, -0.2) is 45.1 Å². The fourth-order valence-electron chi connectivity index (χ4n) is 3.19. The number of nitrogens with one attached hydrogen (secondary N) is 2. The van der Waals surface area contributed by atoms with Crippen LogP contribution in [0.2, 0.25) is 5.02 Å². The van der Waals surface area contributed by atoms with E-state index in [1.54, 1.807) is 4.90 Å². The molecule has 1 aliphatic rings. The Morgan fingerprint density at radius 2 is 2.24 bits per heavy atom. The van der Waals surface area contributed by atoms with Crippen LogP contribution >= 0.6 is 11.6 Å². The Balaban J connectivity index is 1.54. The molecule has 0 radical (unpaired) electrons. The summed E-state index contributed by atoms with van der Waals surface area (Å²) in [6.07, 6.45) is 1.43. The molecule has 1 unspecified atom stereocenters. The van der Waals surface area contributed by atoms with E-state index in [0.717, 1.165) is 11.1 Å². The number of H-pyrrole nitrogens is 1. The molecule has 7 nitrogen and oxygen atoms in total. The summed E-state index contributed by atoms with van der Waals surface area (Å²) < 4.78 is 5.75. The van der Waals surface area contributed by atoms with E-state index in [1.165, 1.54) is 6.20 Å². The standard InChI is InChI=1S/C17H18ClN5O2/c1-17(2)9-23(15(24)14-10(18)7-19-22-14)8-13(17)21-16-20-11-5-3-4-6-12(11)25-16/h3-7,13H,8-9H2,1-2H3,(H,19,22)(H,20,21). The molecule has 2 aromatic heterocycles. The van der Waals surface area contributed by atoms with Crippen LogP contribution in [0.3, 0.4) is 0 Å². The summed E-state index contributed by atoms with van der Waals surface area (Å²) in [6.45, 7) is 5.34. The number of fused-ring (bicyclic) bond motifs is 1. The topological polar surface area (TPSA) is 87.0 Å². The van der Waals surface area contributed by atoms with Crippen LogP contribution in [-0.2, 0) is 0 Å². The van der Waals surface area contributed by atoms with E-state index in [1.807, 2.05) is 24.3 Å². The van der Waals surface area contributed by atoms with Crippen LogP contribution in [0.4, 0.5) is 6.01 Å². The Morgan fingerprint density at radius 3 is 2.96 bits per heavy atom. The van der Waals surface area contributed by atoms with Crippen molar-refractivity contribution >= 4 is 34.6 Å². The molecule has 1 aromatic carbocycles. The van der Waals surface area contributed by atoms with Gasteiger partial charge in [0.05, 0.1) is 17.3 Å². The van der Waals surface area contributed by atoms with E-state index in [0.29, 0.717) is 29.8 Å². The minimum atomic E-state index is -0.155. The lowest BCUT2D eigenvalue weighted by Gasteiger charge is -2.25. The van der Waals surface area contributed by atoms with Crippen LogP contribution in [0.1, 0.15) is 24.3 Å². The average molecular weight is 360 g/mol. The van der Waals surface area contributed by atoms with Crippen molar-refractivity contribution in [2.75, 3.05) is 18.4 Å². The van der Waals surface area contributed by atoms with E-state index in [2.05, 4.69) is 34.3 Å². The summed E-state index contributed by atoms with van der Waals surface area (Å²) in [5.74, 6) is -0.155. The summed E-state index contributed by atoms with van der Waals surface area (Å²) in [5.41, 5.74) is 1.71. The molecule has 0 saturated carbocycles. The first-order valence-electron chi connectivity index (χ1n) is 8.04. The molecule has 25 heavy (non-hydrogen) atoms. The molecule has 130 valence electrons. The molecule has 0 aliphatic carbocycles. The Bertz CT molecular complexity index is 899. The zero-order valence-corrected chi connectivity index (χ0v) is 14.7. The van der Waals surface area contributed by atoms with Gasteiger partial charge in [-0.1, -0.05) is 37.6 Å². The number of likely N-dealkylation sites (tertiary alicyclic amines) is 1. The van der Waals surface area contributed by atoms with Crippen molar-refractivity contribution < 1.29 is 9.21 Å². The second-order valence-electron chi connectivity index (χ2n) is 6.95. The van der Waals surface area contributed by atoms with Crippen molar-refractivity contribution in [3.05, 3.63) is 41.2 Å². The molecule has 1 fully saturated rings. The Morgan fingerprint density at radius 1 is 1.44 bits per heavy atom. The maximum atomic E-state index is 12.7. The third-order valence-corrected chi connectivity index (χ3v) is 4.92. The van der Waals surface area contributed by atoms with Crippen molar-refractivity contribution in [1.29, 1.82) is 0 Å². The second kappa shape index (κ2) is 5.77. The third kappa shape index (κ3) is 2.84. The largest absolute Gasteiger partial charge is 0.424 e. The van der Waals surface area contributed by atoms with E-state index >= 15 is 0 Å². The number of carbonyl (C=O) groups is 1. The molecule has 2 N–H and O–H groups in total. The monoisotopic (exact) mass is 359 g/mol. The summed E-state index contributed by atoms with van der Waals surface area (Å²) in [6, 6.07) is 8.08. The van der Waals surface area contributed by atoms with Gasteiger partial charge < -0.3 is 14.6 Å². The Hall–Kier alpha value is -2.54. The fraction of sp³-hybridized carbons (Fsp3) is 0.353. The Labute approximate surface area is 149 Å². The van der Waals surface area contributed by atoms with Gasteiger partial charge in [-0.2, -0.15) is 10.1 Å². The summed E-state index contributed by atoms with van der Waals surface area (Å²) in [7, 11) is 0. The van der Waals surface area contributed by atoms with Gasteiger partial charge in [0.25, 0.3) is 11.9 Å². The van der Waals surface area contributed by atoms with Gasteiger partial charge in [0.15, 0.2) is 5.58 Å². The molecule has 1 aliphatic heterocycles. The normalized spacial score (nSPS) is 19.5. The minimum Gasteiger partial charge on any atom is -0.424 e. The molecule has 1 saturated heterocycles. The van der Waals surface area contributed by atoms with Gasteiger partial charge in [0, 0.05) is 18.5 Å². The fourth-order valence-corrected chi connectivity index (χ4v) is 3.36. The predicted octanol–water partition coefficient (Wildman–Crippen LogP) is 3.17. The van der Waals surface area contributed by atoms with Gasteiger partial charge in [0.1, 0.15) is 11.2 Å². The highest BCUT2D eigenvalue weighted by Gasteiger charge is 2.42. The number of para-hydroxylation sites is 2. The SMILES string of the molecule is CC1(C)CN(C(=O)c2[nH]ncc2Cl)CC1Nc1nc2ccccc2o1. The predicted molar refractivity (Wildman–Crippen MR) is 94.7 cm³/mol. The zero-order chi connectivity index (χ0) is 17.6. The van der Waals surface area contributed by atoms with Gasteiger partial charge >= 0.3 is 0 Å². The van der Waals surface area contributed by atoms with Gasteiger partial charge in [-0.3, -0.25) is 9.89 Å². The maximum Gasteiger partial charge on any atom is 0.295 e. The smallest absolute Gasteiger partial charge is 0.295 e. The molecule has 0 bridgehead atoms. The van der Waals surface area contributed by atoms with Crippen molar-refractivity contribution in [3.8, 4) is 0 Å². The van der Waals surface area contributed by atoms with Gasteiger partial charge in [-0.05, 0) is 12.1 Å². The molecular formula is C17H18ClN5O2. The molecule has 1 atom stereocenters. The first-order valence-corrected chi connectivity index (χ1v) is 8.42. The van der Waals surface area contributed by atoms with Crippen molar-refractivity contribution in [2.24, 2.45) is 5.41 Å². The molecule has 4 rings (SSSR count). The summed E-state index contributed by atoms with van der Waals surface area (Å²) >= 11 is 6.01. The van der Waals surface area contributed by atoms with Crippen LogP contribution in [0.15, 0.2) is 34.9 Å².